The minimum atomic E-state index is -2.49. The van der Waals surface area contributed by atoms with Crippen molar-refractivity contribution in [1.82, 2.24) is 25.1 Å². The van der Waals surface area contributed by atoms with Crippen molar-refractivity contribution in [2.24, 2.45) is 0 Å². The second-order valence-electron chi connectivity index (χ2n) is 8.61. The van der Waals surface area contributed by atoms with Gasteiger partial charge in [0.25, 0.3) is 12.3 Å². The van der Waals surface area contributed by atoms with Crippen molar-refractivity contribution >= 4 is 17.6 Å². The van der Waals surface area contributed by atoms with Gasteiger partial charge in [0.15, 0.2) is 0 Å². The molecule has 4 rings (SSSR count). The third-order valence-corrected chi connectivity index (χ3v) is 6.00. The highest BCUT2D eigenvalue weighted by molar-refractivity contribution is 5.94. The lowest BCUT2D eigenvalue weighted by atomic mass is 9.99. The van der Waals surface area contributed by atoms with Crippen LogP contribution in [0, 0.1) is 12.7 Å². The number of hydroxylamine groups is 2. The van der Waals surface area contributed by atoms with Gasteiger partial charge in [-0.3, -0.25) is 14.3 Å². The van der Waals surface area contributed by atoms with Crippen LogP contribution in [0.1, 0.15) is 34.2 Å². The van der Waals surface area contributed by atoms with Gasteiger partial charge in [-0.25, -0.2) is 23.0 Å². The fraction of sp³-hybridized carbons (Fsp3) is 0.500. The van der Waals surface area contributed by atoms with Crippen LogP contribution in [-0.2, 0) is 24.3 Å². The molecule has 2 aromatic rings. The third-order valence-electron chi connectivity index (χ3n) is 6.00. The fourth-order valence-electron chi connectivity index (χ4n) is 4.26. The minimum Gasteiger partial charge on any atom is -0.317 e. The summed E-state index contributed by atoms with van der Waals surface area (Å²) in [4.78, 5) is 33.3. The van der Waals surface area contributed by atoms with Gasteiger partial charge in [-0.15, -0.1) is 0 Å². The number of halogens is 3. The number of benzene rings is 1. The maximum atomic E-state index is 13.6. The van der Waals surface area contributed by atoms with E-state index in [1.54, 1.807) is 22.6 Å². The molecule has 9 nitrogen and oxygen atoms in total. The van der Waals surface area contributed by atoms with Crippen molar-refractivity contribution in [3.05, 3.63) is 46.5 Å². The smallest absolute Gasteiger partial charge is 0.317 e. The van der Waals surface area contributed by atoms with Gasteiger partial charge in [0.1, 0.15) is 17.6 Å². The number of aryl methyl sites for hydroxylation is 1. The molecule has 1 aromatic carbocycles. The van der Waals surface area contributed by atoms with Crippen LogP contribution in [0.2, 0.25) is 0 Å². The van der Waals surface area contributed by atoms with Crippen LogP contribution in [0.4, 0.5) is 23.7 Å². The van der Waals surface area contributed by atoms with E-state index in [1.165, 1.54) is 19.2 Å². The van der Waals surface area contributed by atoms with Gasteiger partial charge in [0.2, 0.25) is 0 Å². The van der Waals surface area contributed by atoms with E-state index in [9.17, 15) is 22.8 Å². The number of hydrogen-bond donors (Lipinski definition) is 2. The van der Waals surface area contributed by atoms with Crippen molar-refractivity contribution in [3.63, 3.8) is 0 Å². The number of fused-ring (bicyclic) bond motifs is 3. The van der Waals surface area contributed by atoms with Gasteiger partial charge in [-0.05, 0) is 37.6 Å². The number of nitrogens with one attached hydrogen (secondary N) is 2. The number of urea groups is 1. The summed E-state index contributed by atoms with van der Waals surface area (Å²) < 4.78 is 40.1. The Kier molecular flexibility index (Phi) is 6.80. The Bertz CT molecular complexity index is 1090. The van der Waals surface area contributed by atoms with Crippen LogP contribution in [0.25, 0.3) is 0 Å². The molecule has 2 aliphatic rings. The zero-order valence-corrected chi connectivity index (χ0v) is 19.1. The average Bonchev–Trinajstić information content (AvgIpc) is 3.05. The molecule has 0 saturated carbocycles. The topological polar surface area (TPSA) is 91.7 Å². The van der Waals surface area contributed by atoms with E-state index in [2.05, 4.69) is 15.7 Å². The molecular formula is C22H27F3N6O3. The Morgan fingerprint density at radius 2 is 2.12 bits per heavy atom. The van der Waals surface area contributed by atoms with Gasteiger partial charge in [0, 0.05) is 37.3 Å². The lowest BCUT2D eigenvalue weighted by Gasteiger charge is -2.33. The first kappa shape index (κ1) is 24.0. The van der Waals surface area contributed by atoms with Crippen LogP contribution >= 0.6 is 0 Å². The van der Waals surface area contributed by atoms with Gasteiger partial charge in [-0.2, -0.15) is 5.10 Å². The van der Waals surface area contributed by atoms with E-state index in [0.717, 1.165) is 5.06 Å². The Labute approximate surface area is 194 Å². The zero-order valence-electron chi connectivity index (χ0n) is 19.1. The molecule has 0 unspecified atom stereocenters. The van der Waals surface area contributed by atoms with Crippen molar-refractivity contribution in [2.45, 2.75) is 51.9 Å². The van der Waals surface area contributed by atoms with Gasteiger partial charge < -0.3 is 15.5 Å². The summed E-state index contributed by atoms with van der Waals surface area (Å²) in [6.07, 6.45) is -2.62. The maximum Gasteiger partial charge on any atom is 0.322 e. The minimum absolute atomic E-state index is 0.119. The molecule has 1 aromatic heterocycles. The maximum absolute atomic E-state index is 13.6. The molecule has 0 bridgehead atoms. The highest BCUT2D eigenvalue weighted by Gasteiger charge is 2.37. The number of aromatic nitrogens is 2. The van der Waals surface area contributed by atoms with E-state index >= 15 is 0 Å². The van der Waals surface area contributed by atoms with E-state index in [-0.39, 0.29) is 37.5 Å². The molecule has 0 radical (unpaired) electrons. The summed E-state index contributed by atoms with van der Waals surface area (Å²) in [7, 11) is 1.46. The summed E-state index contributed by atoms with van der Waals surface area (Å²) >= 11 is 0. The Morgan fingerprint density at radius 3 is 2.82 bits per heavy atom. The largest absolute Gasteiger partial charge is 0.322 e. The molecule has 2 atom stereocenters. The number of carbonyl (C=O) groups is 2. The fourth-order valence-corrected chi connectivity index (χ4v) is 4.26. The first-order chi connectivity index (χ1) is 16.1. The molecule has 3 heterocycles. The summed E-state index contributed by atoms with van der Waals surface area (Å²) in [6, 6.07) is 3.77. The third kappa shape index (κ3) is 4.87. The van der Waals surface area contributed by atoms with Crippen LogP contribution < -0.4 is 10.6 Å². The first-order valence-corrected chi connectivity index (χ1v) is 11.0. The molecule has 0 fully saturated rings. The van der Waals surface area contributed by atoms with Crippen molar-refractivity contribution in [3.8, 4) is 0 Å². The lowest BCUT2D eigenvalue weighted by molar-refractivity contribution is -0.146. The number of rotatable bonds is 5. The first-order valence-electron chi connectivity index (χ1n) is 11.0. The standard InChI is InChI=1S/C22H27F3N6O3/c1-12-6-14(4-5-17(12)23)27-22(33)30-11-16-18(7-13(30)2)28-31-10-15(8-26-9-19(24)25)34-29(3)21(32)20(16)31/h4-6,13,15,19,26H,7-11H2,1-3H3,(H,27,33)/t13-,15-/m1/s1. The highest BCUT2D eigenvalue weighted by Crippen LogP contribution is 2.29. The van der Waals surface area contributed by atoms with E-state index in [4.69, 9.17) is 4.84 Å². The Balaban J connectivity index is 1.54. The molecule has 3 amide bonds. The molecule has 34 heavy (non-hydrogen) atoms. The van der Waals surface area contributed by atoms with E-state index in [1.807, 2.05) is 6.92 Å². The van der Waals surface area contributed by atoms with Crippen LogP contribution in [-0.4, -0.2) is 70.4 Å². The van der Waals surface area contributed by atoms with Crippen molar-refractivity contribution < 1.29 is 27.6 Å². The van der Waals surface area contributed by atoms with Gasteiger partial charge in [0.05, 0.1) is 25.3 Å². The summed E-state index contributed by atoms with van der Waals surface area (Å²) in [6.45, 7) is 3.50. The molecular weight excluding hydrogens is 453 g/mol. The summed E-state index contributed by atoms with van der Waals surface area (Å²) in [5.41, 5.74) is 2.55. The van der Waals surface area contributed by atoms with Gasteiger partial charge >= 0.3 is 6.03 Å². The number of hydrogen-bond acceptors (Lipinski definition) is 5. The second kappa shape index (κ2) is 9.63. The number of anilines is 1. The number of alkyl halides is 2. The summed E-state index contributed by atoms with van der Waals surface area (Å²) in [5, 5.41) is 11.1. The molecule has 0 saturated heterocycles. The van der Waals surface area contributed by atoms with E-state index < -0.39 is 25.0 Å². The number of nitrogens with zero attached hydrogens (tertiary/aromatic N) is 4. The van der Waals surface area contributed by atoms with Crippen LogP contribution in [0.15, 0.2) is 18.2 Å². The quantitative estimate of drug-likeness (QED) is 0.687. The molecule has 2 aliphatic heterocycles. The second-order valence-corrected chi connectivity index (χ2v) is 8.61. The normalized spacial score (nSPS) is 20.3. The zero-order chi connectivity index (χ0) is 24.6. The summed E-state index contributed by atoms with van der Waals surface area (Å²) in [5.74, 6) is -0.779. The Morgan fingerprint density at radius 1 is 1.35 bits per heavy atom. The number of amides is 3. The predicted molar refractivity (Wildman–Crippen MR) is 117 cm³/mol. The molecule has 12 heteroatoms. The average molecular weight is 480 g/mol. The lowest BCUT2D eigenvalue weighted by Crippen LogP contribution is -2.45. The number of carbonyl (C=O) groups excluding carboxylic acids is 2. The van der Waals surface area contributed by atoms with Gasteiger partial charge in [-0.1, -0.05) is 0 Å². The van der Waals surface area contributed by atoms with Crippen molar-refractivity contribution in [1.29, 1.82) is 0 Å². The van der Waals surface area contributed by atoms with Crippen molar-refractivity contribution in [2.75, 3.05) is 25.5 Å². The Hall–Kier alpha value is -3.12. The van der Waals surface area contributed by atoms with Crippen LogP contribution in [0.5, 0.6) is 0 Å². The molecule has 2 N–H and O–H groups in total. The SMILES string of the molecule is Cc1cc(NC(=O)N2Cc3c(nn4c3C(=O)N(C)O[C@H](CNCC(F)F)C4)C[C@H]2C)ccc1F. The predicted octanol–water partition coefficient (Wildman–Crippen LogP) is 2.55. The van der Waals surface area contributed by atoms with Crippen LogP contribution in [0.3, 0.4) is 0 Å². The highest BCUT2D eigenvalue weighted by atomic mass is 19.3. The van der Waals surface area contributed by atoms with E-state index in [0.29, 0.717) is 34.6 Å². The molecule has 0 aliphatic carbocycles. The molecule has 184 valence electrons. The molecule has 0 spiro atoms. The monoisotopic (exact) mass is 480 g/mol.